The van der Waals surface area contributed by atoms with Gasteiger partial charge in [-0.05, 0) is 122 Å². The maximum Gasteiger partial charge on any atom is 0.0464 e. The Morgan fingerprint density at radius 2 is 1.00 bits per heavy atom. The van der Waals surface area contributed by atoms with Gasteiger partial charge in [0.15, 0.2) is 0 Å². The van der Waals surface area contributed by atoms with Gasteiger partial charge in [0.2, 0.25) is 0 Å². The van der Waals surface area contributed by atoms with Crippen molar-refractivity contribution in [1.29, 1.82) is 0 Å². The molecule has 0 aliphatic heterocycles. The molecule has 1 aliphatic rings. The molecule has 1 unspecified atom stereocenters. The van der Waals surface area contributed by atoms with Gasteiger partial charge in [0.1, 0.15) is 0 Å². The van der Waals surface area contributed by atoms with Crippen LogP contribution in [0.4, 0.5) is 34.1 Å². The summed E-state index contributed by atoms with van der Waals surface area (Å²) in [6.45, 7) is 6.68. The van der Waals surface area contributed by atoms with Crippen molar-refractivity contribution in [2.24, 2.45) is 0 Å². The minimum atomic E-state index is 0.560. The van der Waals surface area contributed by atoms with E-state index in [1.165, 1.54) is 52.2 Å². The summed E-state index contributed by atoms with van der Waals surface area (Å²) >= 11 is 0. The summed E-state index contributed by atoms with van der Waals surface area (Å²) in [5.74, 6) is 0.560. The number of nitrogens with zero attached hydrogens (tertiary/aromatic N) is 2. The molecule has 1 atom stereocenters. The van der Waals surface area contributed by atoms with Crippen LogP contribution in [0, 0.1) is 6.92 Å². The van der Waals surface area contributed by atoms with Gasteiger partial charge in [-0.3, -0.25) is 0 Å². The fourth-order valence-electron chi connectivity index (χ4n) is 5.42. The van der Waals surface area contributed by atoms with Crippen LogP contribution < -0.4 is 9.80 Å². The average Bonchev–Trinajstić information content (AvgIpc) is 2.97. The standard InChI is InChI=1S/C37H36N2/c1-4-28(3)29-14-19-34(20-15-29)38(33-17-10-27(2)11-18-33)35-22-24-36(25-23-35)39(32-8-6-5-7-9-32)37-21-16-30-12-13-31(30)26-37/h5-11,14-26,28H,4,12-13H2,1-3H3. The van der Waals surface area contributed by atoms with E-state index in [2.05, 4.69) is 152 Å². The molecule has 2 heteroatoms. The lowest BCUT2D eigenvalue weighted by Crippen LogP contribution is -2.14. The van der Waals surface area contributed by atoms with E-state index < -0.39 is 0 Å². The van der Waals surface area contributed by atoms with Crippen molar-refractivity contribution < 1.29 is 0 Å². The first-order valence-electron chi connectivity index (χ1n) is 14.1. The molecule has 0 amide bonds. The van der Waals surface area contributed by atoms with E-state index in [1.807, 2.05) is 0 Å². The van der Waals surface area contributed by atoms with Crippen molar-refractivity contribution in [3.63, 3.8) is 0 Å². The highest BCUT2D eigenvalue weighted by Crippen LogP contribution is 2.40. The molecule has 0 radical (unpaired) electrons. The van der Waals surface area contributed by atoms with E-state index in [1.54, 1.807) is 0 Å². The first-order chi connectivity index (χ1) is 19.1. The van der Waals surface area contributed by atoms with Crippen LogP contribution in [0.15, 0.2) is 121 Å². The maximum atomic E-state index is 2.36. The number of benzene rings is 5. The molecule has 1 aliphatic carbocycles. The molecule has 0 aromatic heterocycles. The maximum absolute atomic E-state index is 2.36. The average molecular weight is 509 g/mol. The van der Waals surface area contributed by atoms with Crippen LogP contribution in [-0.4, -0.2) is 0 Å². The zero-order chi connectivity index (χ0) is 26.8. The zero-order valence-electron chi connectivity index (χ0n) is 23.1. The third-order valence-electron chi connectivity index (χ3n) is 8.12. The quantitative estimate of drug-likeness (QED) is 0.206. The number of anilines is 6. The van der Waals surface area contributed by atoms with Crippen molar-refractivity contribution in [2.75, 3.05) is 9.80 Å². The van der Waals surface area contributed by atoms with Crippen LogP contribution in [0.2, 0.25) is 0 Å². The molecule has 2 nitrogen and oxygen atoms in total. The van der Waals surface area contributed by atoms with Crippen molar-refractivity contribution >= 4 is 34.1 Å². The summed E-state index contributed by atoms with van der Waals surface area (Å²) in [5.41, 5.74) is 12.6. The summed E-state index contributed by atoms with van der Waals surface area (Å²) in [6.07, 6.45) is 3.51. The number of aryl methyl sites for hydroxylation is 3. The van der Waals surface area contributed by atoms with Gasteiger partial charge in [-0.1, -0.05) is 67.9 Å². The number of fused-ring (bicyclic) bond motifs is 1. The second-order valence-corrected chi connectivity index (χ2v) is 10.7. The SMILES string of the molecule is CCC(C)c1ccc(N(c2ccc(C)cc2)c2ccc(N(c3ccccc3)c3ccc4c(c3)CC4)cc2)cc1. The molecule has 0 saturated heterocycles. The molecular weight excluding hydrogens is 472 g/mol. The number of para-hydroxylation sites is 1. The molecule has 0 fully saturated rings. The molecule has 6 rings (SSSR count). The third kappa shape index (κ3) is 5.07. The fraction of sp³-hybridized carbons (Fsp3) is 0.189. The van der Waals surface area contributed by atoms with Crippen molar-refractivity contribution in [1.82, 2.24) is 0 Å². The molecule has 0 heterocycles. The number of hydrogen-bond donors (Lipinski definition) is 0. The van der Waals surface area contributed by atoms with Crippen molar-refractivity contribution in [3.05, 3.63) is 144 Å². The molecular formula is C37H36N2. The zero-order valence-corrected chi connectivity index (χ0v) is 23.1. The van der Waals surface area contributed by atoms with Crippen LogP contribution in [0.5, 0.6) is 0 Å². The number of hydrogen-bond acceptors (Lipinski definition) is 2. The van der Waals surface area contributed by atoms with E-state index >= 15 is 0 Å². The summed E-state index contributed by atoms with van der Waals surface area (Å²) in [7, 11) is 0. The van der Waals surface area contributed by atoms with Gasteiger partial charge in [-0.25, -0.2) is 0 Å². The molecule has 0 N–H and O–H groups in total. The Labute approximate surface area is 233 Å². The van der Waals surface area contributed by atoms with Crippen molar-refractivity contribution in [3.8, 4) is 0 Å². The molecule has 194 valence electrons. The molecule has 5 aromatic carbocycles. The first-order valence-corrected chi connectivity index (χ1v) is 14.1. The highest BCUT2D eigenvalue weighted by atomic mass is 15.2. The predicted molar refractivity (Wildman–Crippen MR) is 167 cm³/mol. The van der Waals surface area contributed by atoms with Crippen LogP contribution in [0.1, 0.15) is 48.4 Å². The lowest BCUT2D eigenvalue weighted by molar-refractivity contribution is 0.733. The van der Waals surface area contributed by atoms with Gasteiger partial charge in [-0.15, -0.1) is 0 Å². The van der Waals surface area contributed by atoms with Crippen LogP contribution >= 0.6 is 0 Å². The second-order valence-electron chi connectivity index (χ2n) is 10.7. The molecule has 5 aromatic rings. The van der Waals surface area contributed by atoms with E-state index in [0.29, 0.717) is 5.92 Å². The summed E-state index contributed by atoms with van der Waals surface area (Å²) in [5, 5.41) is 0. The van der Waals surface area contributed by atoms with Crippen molar-refractivity contribution in [2.45, 2.75) is 46.0 Å². The van der Waals surface area contributed by atoms with Crippen LogP contribution in [-0.2, 0) is 12.8 Å². The molecule has 0 bridgehead atoms. The topological polar surface area (TPSA) is 6.48 Å². The van der Waals surface area contributed by atoms with Gasteiger partial charge >= 0.3 is 0 Å². The second kappa shape index (κ2) is 10.8. The van der Waals surface area contributed by atoms with Gasteiger partial charge in [0, 0.05) is 34.1 Å². The Balaban J connectivity index is 1.40. The van der Waals surface area contributed by atoms with E-state index in [0.717, 1.165) is 23.5 Å². The van der Waals surface area contributed by atoms with Gasteiger partial charge in [0.25, 0.3) is 0 Å². The lowest BCUT2D eigenvalue weighted by Gasteiger charge is -2.30. The fourth-order valence-corrected chi connectivity index (χ4v) is 5.42. The monoisotopic (exact) mass is 508 g/mol. The predicted octanol–water partition coefficient (Wildman–Crippen LogP) is 10.5. The highest BCUT2D eigenvalue weighted by Gasteiger charge is 2.19. The Morgan fingerprint density at radius 1 is 0.538 bits per heavy atom. The lowest BCUT2D eigenvalue weighted by atomic mass is 9.88. The summed E-state index contributed by atoms with van der Waals surface area (Å²) in [6, 6.07) is 44.4. The van der Waals surface area contributed by atoms with Crippen LogP contribution in [0.3, 0.4) is 0 Å². The largest absolute Gasteiger partial charge is 0.311 e. The normalized spacial score (nSPS) is 12.8. The van der Waals surface area contributed by atoms with Gasteiger partial charge in [0.05, 0.1) is 0 Å². The minimum absolute atomic E-state index is 0.560. The Morgan fingerprint density at radius 3 is 1.51 bits per heavy atom. The Hall–Kier alpha value is -4.30. The van der Waals surface area contributed by atoms with Gasteiger partial charge in [-0.2, -0.15) is 0 Å². The van der Waals surface area contributed by atoms with Crippen LogP contribution in [0.25, 0.3) is 0 Å². The smallest absolute Gasteiger partial charge is 0.0464 e. The molecule has 0 saturated carbocycles. The summed E-state index contributed by atoms with van der Waals surface area (Å²) in [4.78, 5) is 4.71. The van der Waals surface area contributed by atoms with E-state index in [4.69, 9.17) is 0 Å². The Kier molecular flexibility index (Phi) is 6.94. The highest BCUT2D eigenvalue weighted by molar-refractivity contribution is 5.81. The van der Waals surface area contributed by atoms with Gasteiger partial charge < -0.3 is 9.80 Å². The number of rotatable bonds is 8. The third-order valence-corrected chi connectivity index (χ3v) is 8.12. The minimum Gasteiger partial charge on any atom is -0.311 e. The molecule has 39 heavy (non-hydrogen) atoms. The van der Waals surface area contributed by atoms with E-state index in [9.17, 15) is 0 Å². The Bertz CT molecular complexity index is 1530. The van der Waals surface area contributed by atoms with E-state index in [-0.39, 0.29) is 0 Å². The summed E-state index contributed by atoms with van der Waals surface area (Å²) < 4.78 is 0. The first kappa shape index (κ1) is 25.0. The molecule has 0 spiro atoms.